The molecule has 0 atom stereocenters. The van der Waals surface area contributed by atoms with Crippen molar-refractivity contribution < 1.29 is 4.42 Å². The summed E-state index contributed by atoms with van der Waals surface area (Å²) in [5.74, 6) is 1.83. The van der Waals surface area contributed by atoms with Crippen LogP contribution in [0.25, 0.3) is 120 Å². The molecule has 4 nitrogen and oxygen atoms in total. The molecule has 0 spiro atoms. The molecule has 0 bridgehead atoms. The van der Waals surface area contributed by atoms with Crippen LogP contribution in [0.4, 0.5) is 0 Å². The fourth-order valence-corrected chi connectivity index (χ4v) is 9.59. The van der Waals surface area contributed by atoms with Gasteiger partial charge in [0.05, 0.1) is 0 Å². The predicted octanol–water partition coefficient (Wildman–Crippen LogP) is 14.8. The Morgan fingerprint density at radius 1 is 0.328 bits per heavy atom. The predicted molar refractivity (Wildman–Crippen MR) is 242 cm³/mol. The average Bonchev–Trinajstić information content (AvgIpc) is 3.87. The van der Waals surface area contributed by atoms with Crippen LogP contribution in [-0.2, 0) is 0 Å². The van der Waals surface area contributed by atoms with Crippen molar-refractivity contribution in [2.75, 3.05) is 0 Å². The highest BCUT2D eigenvalue weighted by Gasteiger charge is 2.19. The molecule has 12 rings (SSSR count). The van der Waals surface area contributed by atoms with Crippen LogP contribution in [0.3, 0.4) is 0 Å². The lowest BCUT2D eigenvalue weighted by Crippen LogP contribution is -2.00. The van der Waals surface area contributed by atoms with E-state index in [0.717, 1.165) is 55.1 Å². The highest BCUT2D eigenvalue weighted by Crippen LogP contribution is 2.43. The molecule has 0 saturated carbocycles. The summed E-state index contributed by atoms with van der Waals surface area (Å²) in [7, 11) is 0. The molecule has 0 fully saturated rings. The van der Waals surface area contributed by atoms with Crippen molar-refractivity contribution in [3.8, 4) is 56.4 Å². The summed E-state index contributed by atoms with van der Waals surface area (Å²) in [6.07, 6.45) is 0. The quantitative estimate of drug-likeness (QED) is 0.175. The molecular formula is C53H31N3OS. The number of aromatic nitrogens is 3. The molecule has 0 N–H and O–H groups in total. The lowest BCUT2D eigenvalue weighted by atomic mass is 9.98. The number of hydrogen-bond donors (Lipinski definition) is 0. The summed E-state index contributed by atoms with van der Waals surface area (Å²) in [5, 5.41) is 9.31. The molecule has 0 aliphatic carbocycles. The first-order chi connectivity index (χ1) is 28.7. The smallest absolute Gasteiger partial charge is 0.164 e. The third kappa shape index (κ3) is 5.40. The number of benzene rings is 9. The lowest BCUT2D eigenvalue weighted by Gasteiger charge is -2.11. The van der Waals surface area contributed by atoms with Crippen LogP contribution >= 0.6 is 11.3 Å². The van der Waals surface area contributed by atoms with Gasteiger partial charge >= 0.3 is 0 Å². The first-order valence-electron chi connectivity index (χ1n) is 19.4. The normalized spacial score (nSPS) is 11.8. The van der Waals surface area contributed by atoms with E-state index in [1.165, 1.54) is 47.5 Å². The summed E-state index contributed by atoms with van der Waals surface area (Å²) in [6.45, 7) is 0. The van der Waals surface area contributed by atoms with E-state index in [1.54, 1.807) is 0 Å². The van der Waals surface area contributed by atoms with Crippen LogP contribution in [0.15, 0.2) is 192 Å². The second-order valence-corrected chi connectivity index (χ2v) is 15.9. The van der Waals surface area contributed by atoms with E-state index in [1.807, 2.05) is 23.5 Å². The molecule has 270 valence electrons. The molecule has 3 aromatic heterocycles. The average molecular weight is 758 g/mol. The van der Waals surface area contributed by atoms with Gasteiger partial charge in [-0.3, -0.25) is 0 Å². The maximum atomic E-state index is 6.65. The van der Waals surface area contributed by atoms with Crippen LogP contribution in [-0.4, -0.2) is 15.0 Å². The van der Waals surface area contributed by atoms with Crippen LogP contribution in [0.1, 0.15) is 0 Å². The summed E-state index contributed by atoms with van der Waals surface area (Å²) in [6, 6.07) is 66.3. The third-order valence-electron chi connectivity index (χ3n) is 11.3. The van der Waals surface area contributed by atoms with Gasteiger partial charge in [-0.1, -0.05) is 146 Å². The topological polar surface area (TPSA) is 51.8 Å². The molecule has 0 unspecified atom stereocenters. The lowest BCUT2D eigenvalue weighted by molar-refractivity contribution is 0.669. The Labute approximate surface area is 337 Å². The van der Waals surface area contributed by atoms with Crippen molar-refractivity contribution >= 4 is 75.0 Å². The fourth-order valence-electron chi connectivity index (χ4n) is 8.46. The number of furan rings is 1. The third-order valence-corrected chi connectivity index (χ3v) is 12.5. The summed E-state index contributed by atoms with van der Waals surface area (Å²) >= 11 is 1.83. The Hall–Kier alpha value is -7.47. The number of hydrogen-bond acceptors (Lipinski definition) is 5. The molecular weight excluding hydrogens is 727 g/mol. The second kappa shape index (κ2) is 13.1. The molecule has 58 heavy (non-hydrogen) atoms. The molecule has 0 aliphatic rings. The highest BCUT2D eigenvalue weighted by atomic mass is 32.1. The van der Waals surface area contributed by atoms with E-state index in [0.29, 0.717) is 17.5 Å². The molecule has 9 aromatic carbocycles. The van der Waals surface area contributed by atoms with E-state index in [9.17, 15) is 0 Å². The van der Waals surface area contributed by atoms with Crippen LogP contribution in [0, 0.1) is 0 Å². The first kappa shape index (κ1) is 32.7. The Morgan fingerprint density at radius 2 is 0.914 bits per heavy atom. The zero-order valence-corrected chi connectivity index (χ0v) is 31.9. The van der Waals surface area contributed by atoms with Crippen molar-refractivity contribution in [2.24, 2.45) is 0 Å². The maximum Gasteiger partial charge on any atom is 0.164 e. The van der Waals surface area contributed by atoms with Gasteiger partial charge in [-0.05, 0) is 86.3 Å². The minimum absolute atomic E-state index is 0.596. The number of thiophene rings is 1. The van der Waals surface area contributed by atoms with Gasteiger partial charge in [0.1, 0.15) is 11.2 Å². The molecule has 0 radical (unpaired) electrons. The minimum atomic E-state index is 0.596. The van der Waals surface area contributed by atoms with Crippen molar-refractivity contribution in [3.63, 3.8) is 0 Å². The Bertz CT molecular complexity index is 3580. The van der Waals surface area contributed by atoms with Crippen molar-refractivity contribution in [2.45, 2.75) is 0 Å². The van der Waals surface area contributed by atoms with Gasteiger partial charge in [-0.2, -0.15) is 0 Å². The monoisotopic (exact) mass is 757 g/mol. The van der Waals surface area contributed by atoms with Gasteiger partial charge in [0.2, 0.25) is 0 Å². The summed E-state index contributed by atoms with van der Waals surface area (Å²) in [4.78, 5) is 15.5. The zero-order valence-electron chi connectivity index (χ0n) is 31.1. The largest absolute Gasteiger partial charge is 0.456 e. The standard InChI is InChI=1S/C53H31N3OS/c1-3-11-36-29-38(25-21-32(36)9-1)34-19-23-35(24-20-34)51-54-52(40-26-22-33-10-2-4-12-37(33)30-40)56-53(55-51)44-15-7-16-45-49(44)42-28-27-39(31-46(42)57-45)41-14-8-18-48-50(41)43-13-5-6-17-47(43)58-48/h1-31H. The number of nitrogens with zero attached hydrogens (tertiary/aromatic N) is 3. The highest BCUT2D eigenvalue weighted by molar-refractivity contribution is 7.25. The number of fused-ring (bicyclic) bond motifs is 8. The Balaban J connectivity index is 1.01. The molecule has 5 heteroatoms. The van der Waals surface area contributed by atoms with Gasteiger partial charge in [-0.25, -0.2) is 15.0 Å². The molecule has 0 saturated heterocycles. The zero-order chi connectivity index (χ0) is 38.2. The van der Waals surface area contributed by atoms with Gasteiger partial charge in [0.25, 0.3) is 0 Å². The van der Waals surface area contributed by atoms with Crippen LogP contribution < -0.4 is 0 Å². The molecule has 0 aliphatic heterocycles. The fraction of sp³-hybridized carbons (Fsp3) is 0. The van der Waals surface area contributed by atoms with Crippen LogP contribution in [0.5, 0.6) is 0 Å². The number of rotatable bonds is 5. The Morgan fingerprint density at radius 3 is 1.72 bits per heavy atom. The van der Waals surface area contributed by atoms with E-state index in [2.05, 4.69) is 176 Å². The van der Waals surface area contributed by atoms with E-state index < -0.39 is 0 Å². The SMILES string of the molecule is c1ccc2cc(-c3ccc(-c4nc(-c5ccc6ccccc6c5)nc(-c5cccc6oc7cc(-c8cccc9sc%10ccccc%10c89)ccc7c56)n4)cc3)ccc2c1. The first-order valence-corrected chi connectivity index (χ1v) is 20.2. The van der Waals surface area contributed by atoms with Gasteiger partial charge in [0.15, 0.2) is 17.5 Å². The van der Waals surface area contributed by atoms with E-state index in [-0.39, 0.29) is 0 Å². The molecule has 12 aromatic rings. The maximum absolute atomic E-state index is 6.65. The van der Waals surface area contributed by atoms with Crippen LogP contribution in [0.2, 0.25) is 0 Å². The summed E-state index contributed by atoms with van der Waals surface area (Å²) in [5.41, 5.74) is 8.98. The van der Waals surface area contributed by atoms with Crippen molar-refractivity contribution in [1.82, 2.24) is 15.0 Å². The van der Waals surface area contributed by atoms with E-state index in [4.69, 9.17) is 19.4 Å². The molecule has 3 heterocycles. The Kier molecular flexibility index (Phi) is 7.37. The second-order valence-electron chi connectivity index (χ2n) is 14.8. The van der Waals surface area contributed by atoms with Gasteiger partial charge in [0, 0.05) is 47.6 Å². The van der Waals surface area contributed by atoms with E-state index >= 15 is 0 Å². The molecule has 0 amide bonds. The van der Waals surface area contributed by atoms with Gasteiger partial charge < -0.3 is 4.42 Å². The minimum Gasteiger partial charge on any atom is -0.456 e. The van der Waals surface area contributed by atoms with Gasteiger partial charge in [-0.15, -0.1) is 11.3 Å². The summed E-state index contributed by atoms with van der Waals surface area (Å²) < 4.78 is 9.22. The van der Waals surface area contributed by atoms with Crippen molar-refractivity contribution in [1.29, 1.82) is 0 Å². The van der Waals surface area contributed by atoms with Crippen molar-refractivity contribution in [3.05, 3.63) is 188 Å².